The first-order chi connectivity index (χ1) is 11.2. The number of rotatable bonds is 3. The molecule has 0 radical (unpaired) electrons. The largest absolute Gasteiger partial charge is 0.338 e. The summed E-state index contributed by atoms with van der Waals surface area (Å²) in [7, 11) is 0. The molecule has 0 aliphatic carbocycles. The van der Waals surface area contributed by atoms with Crippen LogP contribution >= 0.6 is 0 Å². The van der Waals surface area contributed by atoms with Crippen molar-refractivity contribution in [1.82, 2.24) is 34.9 Å². The lowest BCUT2D eigenvalue weighted by atomic mass is 9.96. The Morgan fingerprint density at radius 2 is 2.00 bits per heavy atom. The SMILES string of the molecule is Cc1ccc2nnc(C3CCN(Cc4nc(C)no4)CC3)n2n1. The van der Waals surface area contributed by atoms with Gasteiger partial charge in [0, 0.05) is 5.92 Å². The van der Waals surface area contributed by atoms with Crippen molar-refractivity contribution < 1.29 is 4.52 Å². The van der Waals surface area contributed by atoms with Crippen molar-refractivity contribution in [2.24, 2.45) is 0 Å². The van der Waals surface area contributed by atoms with Crippen molar-refractivity contribution >= 4 is 5.65 Å². The fourth-order valence-corrected chi connectivity index (χ4v) is 3.10. The molecule has 120 valence electrons. The van der Waals surface area contributed by atoms with Crippen molar-refractivity contribution in [3.63, 3.8) is 0 Å². The Bertz CT molecular complexity index is 816. The molecule has 8 nitrogen and oxygen atoms in total. The van der Waals surface area contributed by atoms with Crippen molar-refractivity contribution in [1.29, 1.82) is 0 Å². The quantitative estimate of drug-likeness (QED) is 0.724. The third-order valence-corrected chi connectivity index (χ3v) is 4.30. The van der Waals surface area contributed by atoms with Gasteiger partial charge in [-0.25, -0.2) is 0 Å². The van der Waals surface area contributed by atoms with E-state index < -0.39 is 0 Å². The fourth-order valence-electron chi connectivity index (χ4n) is 3.10. The summed E-state index contributed by atoms with van der Waals surface area (Å²) < 4.78 is 7.08. The molecule has 0 bridgehead atoms. The molecule has 8 heteroatoms. The van der Waals surface area contributed by atoms with E-state index in [-0.39, 0.29) is 0 Å². The van der Waals surface area contributed by atoms with Crippen LogP contribution in [0.4, 0.5) is 0 Å². The molecule has 23 heavy (non-hydrogen) atoms. The molecular weight excluding hydrogens is 294 g/mol. The number of aromatic nitrogens is 6. The molecule has 1 aliphatic rings. The van der Waals surface area contributed by atoms with Crippen molar-refractivity contribution in [2.75, 3.05) is 13.1 Å². The zero-order valence-corrected chi connectivity index (χ0v) is 13.3. The topological polar surface area (TPSA) is 85.2 Å². The van der Waals surface area contributed by atoms with Crippen LogP contribution in [0.2, 0.25) is 0 Å². The van der Waals surface area contributed by atoms with E-state index in [2.05, 4.69) is 30.3 Å². The summed E-state index contributed by atoms with van der Waals surface area (Å²) in [6.45, 7) is 6.49. The second-order valence-corrected chi connectivity index (χ2v) is 6.09. The first-order valence-electron chi connectivity index (χ1n) is 7.89. The van der Waals surface area contributed by atoms with Crippen molar-refractivity contribution in [3.8, 4) is 0 Å². The number of piperidine rings is 1. The predicted octanol–water partition coefficient (Wildman–Crippen LogP) is 1.50. The summed E-state index contributed by atoms with van der Waals surface area (Å²) in [5.41, 5.74) is 1.79. The molecule has 1 saturated heterocycles. The van der Waals surface area contributed by atoms with Gasteiger partial charge in [0.25, 0.3) is 0 Å². The minimum Gasteiger partial charge on any atom is -0.338 e. The highest BCUT2D eigenvalue weighted by molar-refractivity contribution is 5.36. The maximum Gasteiger partial charge on any atom is 0.240 e. The van der Waals surface area contributed by atoms with E-state index in [1.807, 2.05) is 30.5 Å². The van der Waals surface area contributed by atoms with Gasteiger partial charge >= 0.3 is 0 Å². The lowest BCUT2D eigenvalue weighted by Crippen LogP contribution is -2.33. The van der Waals surface area contributed by atoms with Gasteiger partial charge in [-0.1, -0.05) is 5.16 Å². The van der Waals surface area contributed by atoms with Crippen molar-refractivity contribution in [3.05, 3.63) is 35.4 Å². The Balaban J connectivity index is 1.45. The highest BCUT2D eigenvalue weighted by Crippen LogP contribution is 2.27. The van der Waals surface area contributed by atoms with Crippen molar-refractivity contribution in [2.45, 2.75) is 39.2 Å². The number of likely N-dealkylation sites (tertiary alicyclic amines) is 1. The number of hydrogen-bond acceptors (Lipinski definition) is 7. The summed E-state index contributed by atoms with van der Waals surface area (Å²) in [4.78, 5) is 6.61. The number of hydrogen-bond donors (Lipinski definition) is 0. The Labute approximate surface area is 133 Å². The lowest BCUT2D eigenvalue weighted by Gasteiger charge is -2.29. The van der Waals surface area contributed by atoms with E-state index in [4.69, 9.17) is 4.52 Å². The van der Waals surface area contributed by atoms with Crippen LogP contribution in [0.25, 0.3) is 5.65 Å². The maximum absolute atomic E-state index is 5.20. The summed E-state index contributed by atoms with van der Waals surface area (Å²) in [5.74, 6) is 2.73. The molecule has 0 N–H and O–H groups in total. The Kier molecular flexibility index (Phi) is 3.53. The first kappa shape index (κ1) is 14.3. The molecule has 3 aromatic heterocycles. The van der Waals surface area contributed by atoms with Crippen LogP contribution in [0, 0.1) is 13.8 Å². The van der Waals surface area contributed by atoms with Gasteiger partial charge in [-0.15, -0.1) is 10.2 Å². The van der Waals surface area contributed by atoms with E-state index in [1.165, 1.54) is 0 Å². The fraction of sp³-hybridized carbons (Fsp3) is 0.533. The molecule has 0 unspecified atom stereocenters. The van der Waals surface area contributed by atoms with Crippen LogP contribution in [0.15, 0.2) is 16.7 Å². The van der Waals surface area contributed by atoms with Gasteiger partial charge < -0.3 is 4.52 Å². The van der Waals surface area contributed by atoms with E-state index in [0.29, 0.717) is 24.2 Å². The molecule has 0 spiro atoms. The zero-order valence-electron chi connectivity index (χ0n) is 13.3. The molecule has 4 rings (SSSR count). The van der Waals surface area contributed by atoms with E-state index in [1.54, 1.807) is 0 Å². The summed E-state index contributed by atoms with van der Waals surface area (Å²) in [6.07, 6.45) is 2.06. The van der Waals surface area contributed by atoms with E-state index in [0.717, 1.165) is 43.1 Å². The van der Waals surface area contributed by atoms with Gasteiger partial charge in [0.15, 0.2) is 17.3 Å². The van der Waals surface area contributed by atoms with Crippen LogP contribution in [0.3, 0.4) is 0 Å². The van der Waals surface area contributed by atoms with Crippen LogP contribution in [0.5, 0.6) is 0 Å². The minimum atomic E-state index is 0.389. The lowest BCUT2D eigenvalue weighted by molar-refractivity contribution is 0.178. The molecule has 0 saturated carbocycles. The molecule has 0 atom stereocenters. The normalized spacial score (nSPS) is 17.1. The monoisotopic (exact) mass is 313 g/mol. The predicted molar refractivity (Wildman–Crippen MR) is 81.8 cm³/mol. The smallest absolute Gasteiger partial charge is 0.240 e. The van der Waals surface area contributed by atoms with Gasteiger partial charge in [0.1, 0.15) is 0 Å². The Morgan fingerprint density at radius 1 is 1.17 bits per heavy atom. The summed E-state index contributed by atoms with van der Waals surface area (Å²) in [6, 6.07) is 3.93. The first-order valence-corrected chi connectivity index (χ1v) is 7.89. The van der Waals surface area contributed by atoms with Gasteiger partial charge in [0.05, 0.1) is 12.2 Å². The summed E-state index contributed by atoms with van der Waals surface area (Å²) >= 11 is 0. The number of fused-ring (bicyclic) bond motifs is 1. The average Bonchev–Trinajstić information content (AvgIpc) is 3.14. The highest BCUT2D eigenvalue weighted by atomic mass is 16.5. The molecule has 1 fully saturated rings. The van der Waals surface area contributed by atoms with Gasteiger partial charge in [-0.05, 0) is 51.9 Å². The second kappa shape index (κ2) is 5.69. The third-order valence-electron chi connectivity index (χ3n) is 4.30. The van der Waals surface area contributed by atoms with Crippen LogP contribution in [0.1, 0.15) is 42.0 Å². The van der Waals surface area contributed by atoms with Crippen LogP contribution < -0.4 is 0 Å². The van der Waals surface area contributed by atoms with Crippen LogP contribution in [-0.2, 0) is 6.54 Å². The average molecular weight is 313 g/mol. The van der Waals surface area contributed by atoms with E-state index in [9.17, 15) is 0 Å². The third kappa shape index (κ3) is 2.81. The Morgan fingerprint density at radius 3 is 2.74 bits per heavy atom. The minimum absolute atomic E-state index is 0.389. The Hall–Kier alpha value is -2.35. The standard InChI is InChI=1S/C15H19N7O/c1-10-3-4-13-17-18-15(22(13)19-10)12-5-7-21(8-6-12)9-14-16-11(2)20-23-14/h3-4,12H,5-9H2,1-2H3. The maximum atomic E-state index is 5.20. The van der Waals surface area contributed by atoms with Gasteiger partial charge in [-0.3, -0.25) is 4.90 Å². The number of aryl methyl sites for hydroxylation is 2. The zero-order chi connectivity index (χ0) is 15.8. The van der Waals surface area contributed by atoms with Crippen LogP contribution in [-0.4, -0.2) is 47.9 Å². The van der Waals surface area contributed by atoms with Gasteiger partial charge in [0.2, 0.25) is 5.89 Å². The second-order valence-electron chi connectivity index (χ2n) is 6.09. The molecule has 0 aromatic carbocycles. The molecule has 4 heterocycles. The molecule has 3 aromatic rings. The molecule has 1 aliphatic heterocycles. The number of nitrogens with zero attached hydrogens (tertiary/aromatic N) is 7. The van der Waals surface area contributed by atoms with E-state index >= 15 is 0 Å². The highest BCUT2D eigenvalue weighted by Gasteiger charge is 2.25. The molecule has 0 amide bonds. The molecular formula is C15H19N7O. The summed E-state index contributed by atoms with van der Waals surface area (Å²) in [5, 5.41) is 17.0. The van der Waals surface area contributed by atoms with Gasteiger partial charge in [-0.2, -0.15) is 14.6 Å².